The molecule has 2 aromatic rings. The van der Waals surface area contributed by atoms with Crippen LogP contribution in [0.4, 0.5) is 11.4 Å². The van der Waals surface area contributed by atoms with Crippen molar-refractivity contribution >= 4 is 33.2 Å². The summed E-state index contributed by atoms with van der Waals surface area (Å²) in [4.78, 5) is 16.3. The lowest BCUT2D eigenvalue weighted by molar-refractivity contribution is 0.102. The highest BCUT2D eigenvalue weighted by Gasteiger charge is 2.17. The number of hydrogen-bond acceptors (Lipinski definition) is 5. The van der Waals surface area contributed by atoms with Gasteiger partial charge in [0.1, 0.15) is 11.5 Å². The highest BCUT2D eigenvalue weighted by molar-refractivity contribution is 9.10. The first-order valence-electron chi connectivity index (χ1n) is 5.99. The number of nitrogens with zero attached hydrogens (tertiary/aromatic N) is 1. The number of amides is 1. The monoisotopic (exact) mass is 351 g/mol. The summed E-state index contributed by atoms with van der Waals surface area (Å²) in [6, 6.07) is 4.85. The molecule has 0 saturated heterocycles. The standard InChI is InChI=1S/C14H14BrN3O3/c1-20-8-5-9(13(16)12(6-8)21-2)14(19)18-11-3-4-17-7-10(11)15/h3-7H,16H2,1-2H3,(H,17,18,19). The second-order valence-electron chi connectivity index (χ2n) is 4.10. The van der Waals surface area contributed by atoms with E-state index in [0.29, 0.717) is 21.7 Å². The summed E-state index contributed by atoms with van der Waals surface area (Å²) in [6.07, 6.45) is 3.17. The predicted octanol–water partition coefficient (Wildman–Crippen LogP) is 2.70. The largest absolute Gasteiger partial charge is 0.497 e. The SMILES string of the molecule is COc1cc(OC)c(N)c(C(=O)Nc2ccncc2Br)c1. The Morgan fingerprint density at radius 2 is 2.10 bits per heavy atom. The fraction of sp³-hybridized carbons (Fsp3) is 0.143. The number of nitrogen functional groups attached to an aromatic ring is 1. The Morgan fingerprint density at radius 1 is 1.33 bits per heavy atom. The van der Waals surface area contributed by atoms with Crippen LogP contribution in [-0.2, 0) is 0 Å². The van der Waals surface area contributed by atoms with Gasteiger partial charge in [0.25, 0.3) is 5.91 Å². The molecule has 0 aliphatic rings. The van der Waals surface area contributed by atoms with Gasteiger partial charge in [0.05, 0.1) is 35.6 Å². The molecular weight excluding hydrogens is 338 g/mol. The normalized spacial score (nSPS) is 10.0. The molecule has 2 rings (SSSR count). The van der Waals surface area contributed by atoms with Crippen LogP contribution in [0.2, 0.25) is 0 Å². The van der Waals surface area contributed by atoms with E-state index in [-0.39, 0.29) is 17.2 Å². The first kappa shape index (κ1) is 15.1. The van der Waals surface area contributed by atoms with Crippen molar-refractivity contribution in [1.82, 2.24) is 4.98 Å². The minimum absolute atomic E-state index is 0.251. The van der Waals surface area contributed by atoms with Gasteiger partial charge in [-0.3, -0.25) is 9.78 Å². The van der Waals surface area contributed by atoms with Crippen molar-refractivity contribution < 1.29 is 14.3 Å². The molecule has 110 valence electrons. The number of hydrogen-bond donors (Lipinski definition) is 2. The van der Waals surface area contributed by atoms with E-state index in [2.05, 4.69) is 26.2 Å². The van der Waals surface area contributed by atoms with Crippen molar-refractivity contribution in [3.05, 3.63) is 40.6 Å². The molecule has 0 bridgehead atoms. The lowest BCUT2D eigenvalue weighted by Crippen LogP contribution is -2.15. The number of carbonyl (C=O) groups excluding carboxylic acids is 1. The fourth-order valence-corrected chi connectivity index (χ4v) is 2.09. The second kappa shape index (κ2) is 6.45. The lowest BCUT2D eigenvalue weighted by atomic mass is 10.1. The summed E-state index contributed by atoms with van der Waals surface area (Å²) in [5, 5.41) is 2.75. The van der Waals surface area contributed by atoms with E-state index < -0.39 is 0 Å². The van der Waals surface area contributed by atoms with Crippen molar-refractivity contribution in [1.29, 1.82) is 0 Å². The van der Waals surface area contributed by atoms with Crippen LogP contribution in [0.15, 0.2) is 35.1 Å². The van der Waals surface area contributed by atoms with Gasteiger partial charge in [-0.25, -0.2) is 0 Å². The zero-order valence-corrected chi connectivity index (χ0v) is 13.1. The van der Waals surface area contributed by atoms with Crippen LogP contribution < -0.4 is 20.5 Å². The maximum absolute atomic E-state index is 12.4. The molecule has 0 aliphatic carbocycles. The molecule has 0 radical (unpaired) electrons. The van der Waals surface area contributed by atoms with E-state index in [1.807, 2.05) is 0 Å². The Hall–Kier alpha value is -2.28. The van der Waals surface area contributed by atoms with Crippen molar-refractivity contribution in [3.63, 3.8) is 0 Å². The van der Waals surface area contributed by atoms with Gasteiger partial charge < -0.3 is 20.5 Å². The first-order valence-corrected chi connectivity index (χ1v) is 6.78. The van der Waals surface area contributed by atoms with Gasteiger partial charge in [-0.15, -0.1) is 0 Å². The summed E-state index contributed by atoms with van der Waals surface area (Å²) in [7, 11) is 2.98. The smallest absolute Gasteiger partial charge is 0.258 e. The van der Waals surface area contributed by atoms with Crippen LogP contribution in [-0.4, -0.2) is 25.1 Å². The highest BCUT2D eigenvalue weighted by atomic mass is 79.9. The quantitative estimate of drug-likeness (QED) is 0.827. The molecule has 1 heterocycles. The number of nitrogens with two attached hydrogens (primary N) is 1. The number of anilines is 2. The predicted molar refractivity (Wildman–Crippen MR) is 83.8 cm³/mol. The average molecular weight is 352 g/mol. The van der Waals surface area contributed by atoms with Gasteiger partial charge in [-0.05, 0) is 28.1 Å². The second-order valence-corrected chi connectivity index (χ2v) is 4.95. The molecular formula is C14H14BrN3O3. The summed E-state index contributed by atoms with van der Waals surface area (Å²) < 4.78 is 11.0. The van der Waals surface area contributed by atoms with E-state index >= 15 is 0 Å². The molecule has 6 nitrogen and oxygen atoms in total. The van der Waals surface area contributed by atoms with E-state index in [9.17, 15) is 4.79 Å². The van der Waals surface area contributed by atoms with Gasteiger partial charge in [0.15, 0.2) is 0 Å². The van der Waals surface area contributed by atoms with E-state index in [0.717, 1.165) is 0 Å². The zero-order chi connectivity index (χ0) is 15.4. The number of nitrogens with one attached hydrogen (secondary N) is 1. The minimum Gasteiger partial charge on any atom is -0.497 e. The molecule has 1 aromatic heterocycles. The number of carbonyl (C=O) groups is 1. The van der Waals surface area contributed by atoms with E-state index in [1.165, 1.54) is 14.2 Å². The van der Waals surface area contributed by atoms with Crippen LogP contribution in [0.1, 0.15) is 10.4 Å². The Kier molecular flexibility index (Phi) is 4.64. The third kappa shape index (κ3) is 3.25. The Bertz CT molecular complexity index is 677. The minimum atomic E-state index is -0.364. The average Bonchev–Trinajstić information content (AvgIpc) is 2.49. The zero-order valence-electron chi connectivity index (χ0n) is 11.5. The van der Waals surface area contributed by atoms with Crippen LogP contribution in [0.3, 0.4) is 0 Å². The molecule has 0 atom stereocenters. The molecule has 1 aromatic carbocycles. The van der Waals surface area contributed by atoms with Gasteiger partial charge in [-0.2, -0.15) is 0 Å². The van der Waals surface area contributed by atoms with Crippen molar-refractivity contribution in [3.8, 4) is 11.5 Å². The van der Waals surface area contributed by atoms with Crippen LogP contribution in [0, 0.1) is 0 Å². The Balaban J connectivity index is 2.37. The molecule has 1 amide bonds. The van der Waals surface area contributed by atoms with Crippen molar-refractivity contribution in [2.45, 2.75) is 0 Å². The van der Waals surface area contributed by atoms with Crippen LogP contribution in [0.25, 0.3) is 0 Å². The number of benzene rings is 1. The van der Waals surface area contributed by atoms with Crippen LogP contribution in [0.5, 0.6) is 11.5 Å². The molecule has 0 unspecified atom stereocenters. The molecule has 0 fully saturated rings. The van der Waals surface area contributed by atoms with Gasteiger partial charge in [0.2, 0.25) is 0 Å². The third-order valence-corrected chi connectivity index (χ3v) is 3.47. The Morgan fingerprint density at radius 3 is 2.71 bits per heavy atom. The third-order valence-electron chi connectivity index (χ3n) is 2.84. The molecule has 7 heteroatoms. The van der Waals surface area contributed by atoms with E-state index in [4.69, 9.17) is 15.2 Å². The summed E-state index contributed by atoms with van der Waals surface area (Å²) in [5.41, 5.74) is 7.06. The lowest BCUT2D eigenvalue weighted by Gasteiger charge is -2.13. The molecule has 3 N–H and O–H groups in total. The summed E-state index contributed by atoms with van der Waals surface area (Å²) >= 11 is 3.31. The van der Waals surface area contributed by atoms with Gasteiger partial charge in [0, 0.05) is 18.5 Å². The Labute approximate surface area is 130 Å². The van der Waals surface area contributed by atoms with Crippen LogP contribution >= 0.6 is 15.9 Å². The van der Waals surface area contributed by atoms with E-state index in [1.54, 1.807) is 30.6 Å². The molecule has 0 spiro atoms. The molecule has 0 aliphatic heterocycles. The molecule has 21 heavy (non-hydrogen) atoms. The van der Waals surface area contributed by atoms with Gasteiger partial charge in [-0.1, -0.05) is 0 Å². The summed E-state index contributed by atoms with van der Waals surface area (Å²) in [6.45, 7) is 0. The van der Waals surface area contributed by atoms with Crippen molar-refractivity contribution in [2.24, 2.45) is 0 Å². The highest BCUT2D eigenvalue weighted by Crippen LogP contribution is 2.32. The maximum atomic E-state index is 12.4. The number of aromatic nitrogens is 1. The number of rotatable bonds is 4. The number of ether oxygens (including phenoxy) is 2. The number of pyridine rings is 1. The van der Waals surface area contributed by atoms with Crippen molar-refractivity contribution in [2.75, 3.05) is 25.3 Å². The number of halogens is 1. The fourth-order valence-electron chi connectivity index (χ4n) is 1.74. The van der Waals surface area contributed by atoms with Gasteiger partial charge >= 0.3 is 0 Å². The molecule has 0 saturated carbocycles. The topological polar surface area (TPSA) is 86.5 Å². The maximum Gasteiger partial charge on any atom is 0.258 e. The number of methoxy groups -OCH3 is 2. The first-order chi connectivity index (χ1) is 10.1. The summed E-state index contributed by atoms with van der Waals surface area (Å²) in [5.74, 6) is 0.505.